The Morgan fingerprint density at radius 2 is 1.62 bits per heavy atom. The van der Waals surface area contributed by atoms with Gasteiger partial charge in [-0.1, -0.05) is 36.4 Å². The van der Waals surface area contributed by atoms with Gasteiger partial charge in [-0.2, -0.15) is 0 Å². The first kappa shape index (κ1) is 20.0. The smallest absolute Gasteiger partial charge is 0.248 e. The van der Waals surface area contributed by atoms with Crippen molar-refractivity contribution in [2.75, 3.05) is 19.5 Å². The molecule has 1 N–H and O–H groups in total. The summed E-state index contributed by atoms with van der Waals surface area (Å²) < 4.78 is 16.2. The van der Waals surface area contributed by atoms with E-state index in [4.69, 9.17) is 14.2 Å². The number of benzene rings is 3. The minimum Gasteiger partial charge on any atom is -0.493 e. The van der Waals surface area contributed by atoms with E-state index in [-0.39, 0.29) is 5.91 Å². The Hall–Kier alpha value is -3.73. The van der Waals surface area contributed by atoms with Crippen LogP contribution in [0.3, 0.4) is 0 Å². The van der Waals surface area contributed by atoms with Gasteiger partial charge in [-0.3, -0.25) is 4.79 Å². The zero-order valence-electron chi connectivity index (χ0n) is 16.4. The second kappa shape index (κ2) is 9.99. The van der Waals surface area contributed by atoms with Gasteiger partial charge in [0.1, 0.15) is 12.4 Å². The molecule has 0 fully saturated rings. The lowest BCUT2D eigenvalue weighted by molar-refractivity contribution is -0.111. The average Bonchev–Trinajstić information content (AvgIpc) is 2.77. The Morgan fingerprint density at radius 3 is 2.31 bits per heavy atom. The number of hydrogen-bond acceptors (Lipinski definition) is 4. The van der Waals surface area contributed by atoms with E-state index >= 15 is 0 Å². The molecule has 0 aliphatic carbocycles. The molecule has 5 heteroatoms. The fourth-order valence-electron chi connectivity index (χ4n) is 2.69. The van der Waals surface area contributed by atoms with Crippen molar-refractivity contribution >= 4 is 17.7 Å². The van der Waals surface area contributed by atoms with Crippen molar-refractivity contribution in [3.05, 3.63) is 90.0 Å². The molecule has 0 aliphatic heterocycles. The van der Waals surface area contributed by atoms with Gasteiger partial charge in [0.25, 0.3) is 0 Å². The third-order valence-corrected chi connectivity index (χ3v) is 4.20. The molecule has 0 bridgehead atoms. The number of amides is 1. The summed E-state index contributed by atoms with van der Waals surface area (Å²) >= 11 is 0. The summed E-state index contributed by atoms with van der Waals surface area (Å²) in [6.45, 7) is 0.501. The molecule has 0 saturated heterocycles. The number of nitrogens with one attached hydrogen (secondary N) is 1. The van der Waals surface area contributed by atoms with E-state index in [9.17, 15) is 4.79 Å². The van der Waals surface area contributed by atoms with Crippen LogP contribution < -0.4 is 19.5 Å². The molecule has 29 heavy (non-hydrogen) atoms. The van der Waals surface area contributed by atoms with E-state index in [1.54, 1.807) is 26.4 Å². The van der Waals surface area contributed by atoms with Crippen LogP contribution in [0.15, 0.2) is 78.9 Å². The standard InChI is InChI=1S/C24H23NO4/c1-27-22-14-8-18(16-23(22)28-2)9-15-24(26)25-20-10-12-21(13-11-20)29-17-19-6-4-3-5-7-19/h3-16H,17H2,1-2H3,(H,25,26). The van der Waals surface area contributed by atoms with Crippen LogP contribution in [0.2, 0.25) is 0 Å². The number of ether oxygens (including phenoxy) is 3. The zero-order chi connectivity index (χ0) is 20.5. The highest BCUT2D eigenvalue weighted by Crippen LogP contribution is 2.28. The van der Waals surface area contributed by atoms with Crippen LogP contribution in [-0.4, -0.2) is 20.1 Å². The summed E-state index contributed by atoms with van der Waals surface area (Å²) in [4.78, 5) is 12.2. The van der Waals surface area contributed by atoms with Gasteiger partial charge in [-0.05, 0) is 53.6 Å². The van der Waals surface area contributed by atoms with E-state index in [1.807, 2.05) is 66.7 Å². The van der Waals surface area contributed by atoms with E-state index in [0.29, 0.717) is 23.8 Å². The quantitative estimate of drug-likeness (QED) is 0.555. The number of carbonyl (C=O) groups is 1. The monoisotopic (exact) mass is 389 g/mol. The molecule has 0 aromatic heterocycles. The van der Waals surface area contributed by atoms with Gasteiger partial charge in [0.2, 0.25) is 5.91 Å². The molecule has 3 rings (SSSR count). The molecule has 0 atom stereocenters. The van der Waals surface area contributed by atoms with E-state index in [1.165, 1.54) is 6.08 Å². The van der Waals surface area contributed by atoms with Gasteiger partial charge >= 0.3 is 0 Å². The largest absolute Gasteiger partial charge is 0.493 e. The summed E-state index contributed by atoms with van der Waals surface area (Å²) in [5.74, 6) is 1.77. The Labute approximate surface area is 170 Å². The van der Waals surface area contributed by atoms with Gasteiger partial charge < -0.3 is 19.5 Å². The summed E-state index contributed by atoms with van der Waals surface area (Å²) in [7, 11) is 3.16. The van der Waals surface area contributed by atoms with Crippen LogP contribution in [0.1, 0.15) is 11.1 Å². The third kappa shape index (κ3) is 5.87. The predicted octanol–water partition coefficient (Wildman–Crippen LogP) is 4.93. The van der Waals surface area contributed by atoms with Crippen molar-refractivity contribution in [1.82, 2.24) is 0 Å². The molecule has 5 nitrogen and oxygen atoms in total. The highest BCUT2D eigenvalue weighted by molar-refractivity contribution is 6.01. The van der Waals surface area contributed by atoms with Gasteiger partial charge in [0, 0.05) is 11.8 Å². The van der Waals surface area contributed by atoms with Crippen molar-refractivity contribution < 1.29 is 19.0 Å². The van der Waals surface area contributed by atoms with E-state index < -0.39 is 0 Å². The molecule has 0 heterocycles. The molecular formula is C24H23NO4. The third-order valence-electron chi connectivity index (χ3n) is 4.20. The highest BCUT2D eigenvalue weighted by Gasteiger charge is 2.04. The van der Waals surface area contributed by atoms with Crippen molar-refractivity contribution in [3.8, 4) is 17.2 Å². The first-order valence-corrected chi connectivity index (χ1v) is 9.16. The lowest BCUT2D eigenvalue weighted by Gasteiger charge is -2.08. The van der Waals surface area contributed by atoms with E-state index in [2.05, 4.69) is 5.32 Å². The molecule has 3 aromatic carbocycles. The maximum atomic E-state index is 12.2. The van der Waals surface area contributed by atoms with Gasteiger partial charge in [0.05, 0.1) is 14.2 Å². The number of rotatable bonds is 8. The molecule has 148 valence electrons. The fraction of sp³-hybridized carbons (Fsp3) is 0.125. The average molecular weight is 389 g/mol. The molecule has 0 aliphatic rings. The van der Waals surface area contributed by atoms with Gasteiger partial charge in [-0.25, -0.2) is 0 Å². The minimum atomic E-state index is -0.224. The minimum absolute atomic E-state index is 0.224. The molecule has 3 aromatic rings. The van der Waals surface area contributed by atoms with Crippen molar-refractivity contribution in [1.29, 1.82) is 0 Å². The lowest BCUT2D eigenvalue weighted by atomic mass is 10.2. The Kier molecular flexibility index (Phi) is 6.90. The molecule has 0 saturated carbocycles. The van der Waals surface area contributed by atoms with Crippen LogP contribution in [0.4, 0.5) is 5.69 Å². The molecule has 0 radical (unpaired) electrons. The van der Waals surface area contributed by atoms with Crippen LogP contribution in [-0.2, 0) is 11.4 Å². The molecule has 0 unspecified atom stereocenters. The zero-order valence-corrected chi connectivity index (χ0v) is 16.4. The van der Waals surface area contributed by atoms with Crippen LogP contribution in [0, 0.1) is 0 Å². The molecular weight excluding hydrogens is 366 g/mol. The number of hydrogen-bond donors (Lipinski definition) is 1. The van der Waals surface area contributed by atoms with Gasteiger partial charge in [0.15, 0.2) is 11.5 Å². The highest BCUT2D eigenvalue weighted by atomic mass is 16.5. The second-order valence-corrected chi connectivity index (χ2v) is 6.24. The maximum Gasteiger partial charge on any atom is 0.248 e. The SMILES string of the molecule is COc1ccc(C=CC(=O)Nc2ccc(OCc3ccccc3)cc2)cc1OC. The Morgan fingerprint density at radius 1 is 0.897 bits per heavy atom. The molecule has 0 spiro atoms. The summed E-state index contributed by atoms with van der Waals surface area (Å²) in [6, 6.07) is 22.7. The first-order chi connectivity index (χ1) is 14.2. The summed E-state index contributed by atoms with van der Waals surface area (Å²) in [6.07, 6.45) is 3.19. The normalized spacial score (nSPS) is 10.6. The first-order valence-electron chi connectivity index (χ1n) is 9.16. The summed E-state index contributed by atoms with van der Waals surface area (Å²) in [5.41, 5.74) is 2.63. The van der Waals surface area contributed by atoms with Crippen molar-refractivity contribution in [2.24, 2.45) is 0 Å². The van der Waals surface area contributed by atoms with Crippen LogP contribution in [0.5, 0.6) is 17.2 Å². The summed E-state index contributed by atoms with van der Waals surface area (Å²) in [5, 5.41) is 2.83. The Balaban J connectivity index is 1.54. The predicted molar refractivity (Wildman–Crippen MR) is 114 cm³/mol. The topological polar surface area (TPSA) is 56.8 Å². The van der Waals surface area contributed by atoms with E-state index in [0.717, 1.165) is 16.9 Å². The number of carbonyl (C=O) groups excluding carboxylic acids is 1. The fourth-order valence-corrected chi connectivity index (χ4v) is 2.69. The van der Waals surface area contributed by atoms with Gasteiger partial charge in [-0.15, -0.1) is 0 Å². The van der Waals surface area contributed by atoms with Crippen molar-refractivity contribution in [2.45, 2.75) is 6.61 Å². The number of methoxy groups -OCH3 is 2. The Bertz CT molecular complexity index is 966. The van der Waals surface area contributed by atoms with Crippen LogP contribution in [0.25, 0.3) is 6.08 Å². The van der Waals surface area contributed by atoms with Crippen LogP contribution >= 0.6 is 0 Å². The second-order valence-electron chi connectivity index (χ2n) is 6.24. The van der Waals surface area contributed by atoms with Crippen molar-refractivity contribution in [3.63, 3.8) is 0 Å². The lowest BCUT2D eigenvalue weighted by Crippen LogP contribution is -2.07. The number of anilines is 1. The molecule has 1 amide bonds. The maximum absolute atomic E-state index is 12.2.